The molecular formula is C16H12N2O2. The Morgan fingerprint density at radius 1 is 0.950 bits per heavy atom. The number of benzene rings is 2. The predicted octanol–water partition coefficient (Wildman–Crippen LogP) is 3.19. The molecule has 4 nitrogen and oxygen atoms in total. The highest BCUT2D eigenvalue weighted by Crippen LogP contribution is 2.22. The molecule has 2 N–H and O–H groups in total. The van der Waals surface area contributed by atoms with E-state index < -0.39 is 0 Å². The molecule has 3 aromatic rings. The van der Waals surface area contributed by atoms with Gasteiger partial charge in [-0.3, -0.25) is 4.79 Å². The summed E-state index contributed by atoms with van der Waals surface area (Å²) in [6.45, 7) is 0. The van der Waals surface area contributed by atoms with Gasteiger partial charge >= 0.3 is 0 Å². The minimum Gasteiger partial charge on any atom is -0.506 e. The van der Waals surface area contributed by atoms with Crippen LogP contribution in [-0.4, -0.2) is 16.0 Å². The number of para-hydroxylation sites is 2. The van der Waals surface area contributed by atoms with E-state index in [0.717, 1.165) is 5.39 Å². The van der Waals surface area contributed by atoms with Crippen LogP contribution in [-0.2, 0) is 0 Å². The number of rotatable bonds is 2. The van der Waals surface area contributed by atoms with E-state index >= 15 is 0 Å². The smallest absolute Gasteiger partial charge is 0.274 e. The van der Waals surface area contributed by atoms with Crippen molar-refractivity contribution in [2.75, 3.05) is 5.32 Å². The number of amides is 1. The summed E-state index contributed by atoms with van der Waals surface area (Å²) in [5.41, 5.74) is 1.40. The zero-order chi connectivity index (χ0) is 13.9. The van der Waals surface area contributed by atoms with E-state index in [2.05, 4.69) is 10.3 Å². The van der Waals surface area contributed by atoms with Crippen LogP contribution in [0.5, 0.6) is 5.75 Å². The van der Waals surface area contributed by atoms with Crippen LogP contribution >= 0.6 is 0 Å². The number of phenolic OH excluding ortho intramolecular Hbond substituents is 1. The topological polar surface area (TPSA) is 62.2 Å². The van der Waals surface area contributed by atoms with Gasteiger partial charge in [-0.1, -0.05) is 36.4 Å². The summed E-state index contributed by atoms with van der Waals surface area (Å²) in [4.78, 5) is 16.3. The number of aromatic nitrogens is 1. The van der Waals surface area contributed by atoms with E-state index in [1.54, 1.807) is 36.4 Å². The number of hydrogen-bond donors (Lipinski definition) is 2. The highest BCUT2D eigenvalue weighted by atomic mass is 16.3. The first kappa shape index (κ1) is 12.2. The molecule has 98 valence electrons. The summed E-state index contributed by atoms with van der Waals surface area (Å²) < 4.78 is 0. The lowest BCUT2D eigenvalue weighted by Gasteiger charge is -2.06. The van der Waals surface area contributed by atoms with Crippen molar-refractivity contribution in [2.45, 2.75) is 0 Å². The Labute approximate surface area is 115 Å². The lowest BCUT2D eigenvalue weighted by atomic mass is 10.2. The van der Waals surface area contributed by atoms with Crippen molar-refractivity contribution in [1.82, 2.24) is 4.98 Å². The van der Waals surface area contributed by atoms with Crippen LogP contribution in [0.25, 0.3) is 10.9 Å². The minimum atomic E-state index is -0.304. The number of hydrogen-bond acceptors (Lipinski definition) is 3. The fourth-order valence-corrected chi connectivity index (χ4v) is 1.97. The minimum absolute atomic E-state index is 0.0665. The molecule has 1 aromatic heterocycles. The van der Waals surface area contributed by atoms with E-state index in [1.165, 1.54) is 0 Å². The van der Waals surface area contributed by atoms with Crippen LogP contribution in [0, 0.1) is 0 Å². The van der Waals surface area contributed by atoms with Crippen molar-refractivity contribution >= 4 is 22.5 Å². The Bertz CT molecular complexity index is 770. The Morgan fingerprint density at radius 2 is 1.75 bits per heavy atom. The molecule has 1 heterocycles. The largest absolute Gasteiger partial charge is 0.506 e. The van der Waals surface area contributed by atoms with Gasteiger partial charge in [0, 0.05) is 11.1 Å². The Morgan fingerprint density at radius 3 is 2.55 bits per heavy atom. The third kappa shape index (κ3) is 2.31. The summed E-state index contributed by atoms with van der Waals surface area (Å²) in [6.07, 6.45) is 0. The van der Waals surface area contributed by atoms with Gasteiger partial charge in [0.05, 0.1) is 0 Å². The molecule has 0 atom stereocenters. The Hall–Kier alpha value is -2.88. The highest BCUT2D eigenvalue weighted by Gasteiger charge is 2.10. The number of aromatic hydroxyl groups is 1. The standard InChI is InChI=1S/C16H12N2O2/c19-14-8-4-5-11-9-10-13(18-15(11)14)16(20)17-12-6-2-1-3-7-12/h1-10,19H,(H,17,20). The molecule has 0 spiro atoms. The molecule has 0 aliphatic rings. The molecule has 20 heavy (non-hydrogen) atoms. The van der Waals surface area contributed by atoms with E-state index in [4.69, 9.17) is 0 Å². The average Bonchev–Trinajstić information content (AvgIpc) is 2.48. The van der Waals surface area contributed by atoms with Gasteiger partial charge in [0.2, 0.25) is 0 Å². The predicted molar refractivity (Wildman–Crippen MR) is 77.8 cm³/mol. The molecule has 0 unspecified atom stereocenters. The third-order valence-corrected chi connectivity index (χ3v) is 2.96. The number of carbonyl (C=O) groups is 1. The van der Waals surface area contributed by atoms with Crippen molar-refractivity contribution < 1.29 is 9.90 Å². The summed E-state index contributed by atoms with van der Waals surface area (Å²) in [5, 5.41) is 13.3. The van der Waals surface area contributed by atoms with Gasteiger partial charge < -0.3 is 10.4 Å². The second-order valence-electron chi connectivity index (χ2n) is 4.37. The van der Waals surface area contributed by atoms with Gasteiger partial charge in [-0.2, -0.15) is 0 Å². The van der Waals surface area contributed by atoms with Gasteiger partial charge in [-0.05, 0) is 24.3 Å². The van der Waals surface area contributed by atoms with Gasteiger partial charge in [-0.15, -0.1) is 0 Å². The van der Waals surface area contributed by atoms with Crippen molar-refractivity contribution in [2.24, 2.45) is 0 Å². The van der Waals surface area contributed by atoms with E-state index in [9.17, 15) is 9.90 Å². The maximum Gasteiger partial charge on any atom is 0.274 e. The molecule has 0 saturated heterocycles. The van der Waals surface area contributed by atoms with Crippen molar-refractivity contribution in [3.8, 4) is 5.75 Å². The van der Waals surface area contributed by atoms with E-state index in [-0.39, 0.29) is 17.4 Å². The number of nitrogens with one attached hydrogen (secondary N) is 1. The quantitative estimate of drug-likeness (QED) is 0.747. The summed E-state index contributed by atoms with van der Waals surface area (Å²) in [6, 6.07) is 17.7. The van der Waals surface area contributed by atoms with Crippen LogP contribution in [0.1, 0.15) is 10.5 Å². The molecular weight excluding hydrogens is 252 g/mol. The molecule has 0 aliphatic carbocycles. The van der Waals surface area contributed by atoms with Crippen molar-refractivity contribution in [1.29, 1.82) is 0 Å². The molecule has 0 bridgehead atoms. The molecule has 4 heteroatoms. The number of anilines is 1. The fraction of sp³-hybridized carbons (Fsp3) is 0. The second-order valence-corrected chi connectivity index (χ2v) is 4.37. The molecule has 3 rings (SSSR count). The van der Waals surface area contributed by atoms with Gasteiger partial charge in [0.1, 0.15) is 17.0 Å². The Balaban J connectivity index is 1.94. The third-order valence-electron chi connectivity index (χ3n) is 2.96. The van der Waals surface area contributed by atoms with Crippen LogP contribution < -0.4 is 5.32 Å². The first-order chi connectivity index (χ1) is 9.74. The summed E-state index contributed by atoms with van der Waals surface area (Å²) in [5.74, 6) is -0.238. The number of nitrogens with zero attached hydrogens (tertiary/aromatic N) is 1. The van der Waals surface area contributed by atoms with Gasteiger partial charge in [0.25, 0.3) is 5.91 Å². The fourth-order valence-electron chi connectivity index (χ4n) is 1.97. The van der Waals surface area contributed by atoms with Crippen LogP contribution in [0.3, 0.4) is 0 Å². The number of pyridine rings is 1. The second kappa shape index (κ2) is 5.01. The van der Waals surface area contributed by atoms with E-state index in [0.29, 0.717) is 11.2 Å². The zero-order valence-electron chi connectivity index (χ0n) is 10.6. The van der Waals surface area contributed by atoms with Crippen LogP contribution in [0.2, 0.25) is 0 Å². The number of fused-ring (bicyclic) bond motifs is 1. The van der Waals surface area contributed by atoms with Crippen LogP contribution in [0.4, 0.5) is 5.69 Å². The molecule has 1 amide bonds. The average molecular weight is 264 g/mol. The van der Waals surface area contributed by atoms with Crippen molar-refractivity contribution in [3.05, 3.63) is 66.4 Å². The molecule has 0 saturated carbocycles. The molecule has 2 aromatic carbocycles. The monoisotopic (exact) mass is 264 g/mol. The first-order valence-corrected chi connectivity index (χ1v) is 6.19. The lowest BCUT2D eigenvalue weighted by Crippen LogP contribution is -2.13. The lowest BCUT2D eigenvalue weighted by molar-refractivity contribution is 0.102. The van der Waals surface area contributed by atoms with Crippen LogP contribution in [0.15, 0.2) is 60.7 Å². The summed E-state index contributed by atoms with van der Waals surface area (Å²) >= 11 is 0. The highest BCUT2D eigenvalue weighted by molar-refractivity contribution is 6.04. The number of phenols is 1. The SMILES string of the molecule is O=C(Nc1ccccc1)c1ccc2cccc(O)c2n1. The van der Waals surface area contributed by atoms with Gasteiger partial charge in [0.15, 0.2) is 0 Å². The maximum atomic E-state index is 12.1. The zero-order valence-corrected chi connectivity index (χ0v) is 10.6. The maximum absolute atomic E-state index is 12.1. The molecule has 0 fully saturated rings. The Kier molecular flexibility index (Phi) is 3.05. The normalized spacial score (nSPS) is 10.4. The molecule has 0 aliphatic heterocycles. The van der Waals surface area contributed by atoms with Gasteiger partial charge in [-0.25, -0.2) is 4.98 Å². The van der Waals surface area contributed by atoms with Crippen molar-refractivity contribution in [3.63, 3.8) is 0 Å². The summed E-state index contributed by atoms with van der Waals surface area (Å²) in [7, 11) is 0. The number of carbonyl (C=O) groups excluding carboxylic acids is 1. The van der Waals surface area contributed by atoms with E-state index in [1.807, 2.05) is 24.3 Å². The first-order valence-electron chi connectivity index (χ1n) is 6.19. The molecule has 0 radical (unpaired) electrons.